The van der Waals surface area contributed by atoms with Gasteiger partial charge in [0.2, 0.25) is 0 Å². The third kappa shape index (κ3) is 2.93. The quantitative estimate of drug-likeness (QED) is 0.861. The summed E-state index contributed by atoms with van der Waals surface area (Å²) in [7, 11) is 0. The van der Waals surface area contributed by atoms with Crippen LogP contribution in [0.1, 0.15) is 30.1 Å². The van der Waals surface area contributed by atoms with Crippen LogP contribution in [0.25, 0.3) is 0 Å². The van der Waals surface area contributed by atoms with Crippen molar-refractivity contribution >= 4 is 35.0 Å². The number of aliphatic carboxylic acids is 1. The number of benzene rings is 1. The maximum atomic E-state index is 12.5. The Morgan fingerprint density at radius 2 is 1.84 bits per heavy atom. The molecule has 1 N–H and O–H groups in total. The first-order valence-corrected chi connectivity index (χ1v) is 6.87. The first-order valence-electron chi connectivity index (χ1n) is 6.12. The average Bonchev–Trinajstić information content (AvgIpc) is 2.74. The van der Waals surface area contributed by atoms with Crippen LogP contribution in [-0.4, -0.2) is 16.9 Å². The first kappa shape index (κ1) is 14.4. The Balaban J connectivity index is 2.33. The van der Waals surface area contributed by atoms with Gasteiger partial charge in [-0.15, -0.1) is 0 Å². The van der Waals surface area contributed by atoms with Gasteiger partial charge in [0.25, 0.3) is 0 Å². The van der Waals surface area contributed by atoms with Gasteiger partial charge in [0.05, 0.1) is 10.9 Å². The SMILES string of the molecule is CC1CC(C(=O)O)C(C(=O)c2cc(Cl)ccc2Cl)C1. The Kier molecular flexibility index (Phi) is 4.16. The highest BCUT2D eigenvalue weighted by molar-refractivity contribution is 6.36. The van der Waals surface area contributed by atoms with Crippen LogP contribution in [0.15, 0.2) is 18.2 Å². The molecule has 5 heteroatoms. The summed E-state index contributed by atoms with van der Waals surface area (Å²) in [6.45, 7) is 1.96. The summed E-state index contributed by atoms with van der Waals surface area (Å²) in [4.78, 5) is 23.7. The van der Waals surface area contributed by atoms with E-state index < -0.39 is 17.8 Å². The van der Waals surface area contributed by atoms with Crippen molar-refractivity contribution < 1.29 is 14.7 Å². The van der Waals surface area contributed by atoms with Gasteiger partial charge >= 0.3 is 5.97 Å². The van der Waals surface area contributed by atoms with E-state index in [0.717, 1.165) is 0 Å². The highest BCUT2D eigenvalue weighted by atomic mass is 35.5. The van der Waals surface area contributed by atoms with E-state index >= 15 is 0 Å². The van der Waals surface area contributed by atoms with Gasteiger partial charge in [-0.05, 0) is 37.0 Å². The molecule has 0 aromatic heterocycles. The van der Waals surface area contributed by atoms with Gasteiger partial charge in [0, 0.05) is 16.5 Å². The number of ketones is 1. The summed E-state index contributed by atoms with van der Waals surface area (Å²) < 4.78 is 0. The van der Waals surface area contributed by atoms with Gasteiger partial charge in [0.1, 0.15) is 0 Å². The molecule has 0 saturated heterocycles. The van der Waals surface area contributed by atoms with Crippen molar-refractivity contribution in [2.75, 3.05) is 0 Å². The molecule has 0 radical (unpaired) electrons. The molecule has 1 aromatic carbocycles. The molecule has 19 heavy (non-hydrogen) atoms. The summed E-state index contributed by atoms with van der Waals surface area (Å²) in [5.41, 5.74) is 0.319. The molecule has 3 nitrogen and oxygen atoms in total. The minimum absolute atomic E-state index is 0.218. The van der Waals surface area contributed by atoms with Crippen LogP contribution < -0.4 is 0 Å². The standard InChI is InChI=1S/C14H14Cl2O3/c1-7-4-9(10(5-7)14(18)19)13(17)11-6-8(15)2-3-12(11)16/h2-3,6-7,9-10H,4-5H2,1H3,(H,18,19). The monoisotopic (exact) mass is 300 g/mol. The van der Waals surface area contributed by atoms with Gasteiger partial charge in [-0.2, -0.15) is 0 Å². The molecule has 0 aliphatic heterocycles. The lowest BCUT2D eigenvalue weighted by Gasteiger charge is -2.15. The van der Waals surface area contributed by atoms with Crippen LogP contribution in [0.2, 0.25) is 10.0 Å². The zero-order valence-corrected chi connectivity index (χ0v) is 11.9. The van der Waals surface area contributed by atoms with Crippen LogP contribution in [0, 0.1) is 17.8 Å². The van der Waals surface area contributed by atoms with Crippen molar-refractivity contribution in [1.29, 1.82) is 0 Å². The molecule has 2 rings (SSSR count). The summed E-state index contributed by atoms with van der Waals surface area (Å²) in [6, 6.07) is 4.67. The first-order chi connectivity index (χ1) is 8.90. The van der Waals surface area contributed by atoms with Gasteiger partial charge in [-0.3, -0.25) is 9.59 Å². The topological polar surface area (TPSA) is 54.4 Å². The van der Waals surface area contributed by atoms with Crippen molar-refractivity contribution in [2.45, 2.75) is 19.8 Å². The van der Waals surface area contributed by atoms with E-state index in [4.69, 9.17) is 23.2 Å². The lowest BCUT2D eigenvalue weighted by molar-refractivity contribution is -0.142. The molecule has 1 fully saturated rings. The van der Waals surface area contributed by atoms with Crippen molar-refractivity contribution in [3.8, 4) is 0 Å². The van der Waals surface area contributed by atoms with Crippen LogP contribution in [0.3, 0.4) is 0 Å². The fourth-order valence-electron chi connectivity index (χ4n) is 2.74. The number of carboxylic acids is 1. The maximum Gasteiger partial charge on any atom is 0.307 e. The number of carboxylic acid groups (broad SMARTS) is 1. The van der Waals surface area contributed by atoms with Crippen LogP contribution in [0.5, 0.6) is 0 Å². The second-order valence-corrected chi connectivity index (χ2v) is 5.96. The van der Waals surface area contributed by atoms with E-state index in [2.05, 4.69) is 0 Å². The number of carbonyl (C=O) groups excluding carboxylic acids is 1. The Morgan fingerprint density at radius 1 is 1.21 bits per heavy atom. The van der Waals surface area contributed by atoms with E-state index in [-0.39, 0.29) is 11.7 Å². The smallest absolute Gasteiger partial charge is 0.307 e. The zero-order valence-electron chi connectivity index (χ0n) is 10.4. The minimum atomic E-state index is -0.916. The lowest BCUT2D eigenvalue weighted by atomic mass is 9.88. The summed E-state index contributed by atoms with van der Waals surface area (Å²) >= 11 is 11.9. The predicted octanol–water partition coefficient (Wildman–Crippen LogP) is 3.92. The predicted molar refractivity (Wildman–Crippen MR) is 73.8 cm³/mol. The van der Waals surface area contributed by atoms with Gasteiger partial charge in [0.15, 0.2) is 5.78 Å². The fraction of sp³-hybridized carbons (Fsp3) is 0.429. The Bertz CT molecular complexity index is 527. The second-order valence-electron chi connectivity index (χ2n) is 5.12. The number of carbonyl (C=O) groups is 2. The molecule has 0 bridgehead atoms. The number of halogens is 2. The van der Waals surface area contributed by atoms with Crippen molar-refractivity contribution in [3.63, 3.8) is 0 Å². The third-order valence-corrected chi connectivity index (χ3v) is 4.21. The molecule has 1 aromatic rings. The van der Waals surface area contributed by atoms with E-state index in [0.29, 0.717) is 28.5 Å². The number of Topliss-reactive ketones (excluding diaryl/α,β-unsaturated/α-hetero) is 1. The molecule has 1 saturated carbocycles. The highest BCUT2D eigenvalue weighted by Gasteiger charge is 2.41. The highest BCUT2D eigenvalue weighted by Crippen LogP contribution is 2.39. The number of hydrogen-bond donors (Lipinski definition) is 1. The zero-order chi connectivity index (χ0) is 14.2. The summed E-state index contributed by atoms with van der Waals surface area (Å²) in [5, 5.41) is 9.95. The van der Waals surface area contributed by atoms with Crippen LogP contribution >= 0.6 is 23.2 Å². The van der Waals surface area contributed by atoms with Crippen molar-refractivity contribution in [1.82, 2.24) is 0 Å². The molecule has 0 heterocycles. The lowest BCUT2D eigenvalue weighted by Crippen LogP contribution is -2.25. The van der Waals surface area contributed by atoms with E-state index in [9.17, 15) is 14.7 Å². The number of rotatable bonds is 3. The third-order valence-electron chi connectivity index (χ3n) is 3.65. The molecular formula is C14H14Cl2O3. The Labute approximate surface area is 121 Å². The van der Waals surface area contributed by atoms with Crippen LogP contribution in [0.4, 0.5) is 0 Å². The minimum Gasteiger partial charge on any atom is -0.481 e. The molecule has 0 amide bonds. The van der Waals surface area contributed by atoms with Crippen molar-refractivity contribution in [2.24, 2.45) is 17.8 Å². The van der Waals surface area contributed by atoms with Crippen LogP contribution in [-0.2, 0) is 4.79 Å². The fourth-order valence-corrected chi connectivity index (χ4v) is 3.12. The average molecular weight is 301 g/mol. The molecule has 3 unspecified atom stereocenters. The summed E-state index contributed by atoms with van der Waals surface area (Å²) in [6.07, 6.45) is 1.11. The maximum absolute atomic E-state index is 12.5. The molecule has 102 valence electrons. The normalized spacial score (nSPS) is 26.4. The molecular weight excluding hydrogens is 287 g/mol. The van der Waals surface area contributed by atoms with Gasteiger partial charge < -0.3 is 5.11 Å². The van der Waals surface area contributed by atoms with E-state index in [1.807, 2.05) is 6.92 Å². The van der Waals surface area contributed by atoms with E-state index in [1.165, 1.54) is 6.07 Å². The molecule has 1 aliphatic rings. The Hall–Kier alpha value is -1.06. The molecule has 1 aliphatic carbocycles. The van der Waals surface area contributed by atoms with E-state index in [1.54, 1.807) is 12.1 Å². The number of hydrogen-bond acceptors (Lipinski definition) is 2. The second kappa shape index (κ2) is 5.51. The molecule has 0 spiro atoms. The Morgan fingerprint density at radius 3 is 2.47 bits per heavy atom. The molecule has 3 atom stereocenters. The summed E-state index contributed by atoms with van der Waals surface area (Å²) in [5.74, 6) is -2.04. The van der Waals surface area contributed by atoms with Gasteiger partial charge in [-0.25, -0.2) is 0 Å². The van der Waals surface area contributed by atoms with Gasteiger partial charge in [-0.1, -0.05) is 30.1 Å². The van der Waals surface area contributed by atoms with Crippen molar-refractivity contribution in [3.05, 3.63) is 33.8 Å². The largest absolute Gasteiger partial charge is 0.481 e.